The molecule has 1 aromatic rings. The maximum Gasteiger partial charge on any atom is 0.271 e. The second-order valence-electron chi connectivity index (χ2n) is 5.01. The fraction of sp³-hybridized carbons (Fsp3) is 0.467. The summed E-state index contributed by atoms with van der Waals surface area (Å²) in [7, 11) is 0. The lowest BCUT2D eigenvalue weighted by Gasteiger charge is -2.11. The molecule has 0 saturated heterocycles. The van der Waals surface area contributed by atoms with Crippen molar-refractivity contribution < 1.29 is 4.79 Å². The zero-order valence-corrected chi connectivity index (χ0v) is 11.2. The Morgan fingerprint density at radius 2 is 1.58 bits per heavy atom. The summed E-state index contributed by atoms with van der Waals surface area (Å²) >= 11 is 0. The van der Waals surface area contributed by atoms with E-state index in [1.54, 1.807) is 24.3 Å². The first-order chi connectivity index (χ1) is 9.25. The van der Waals surface area contributed by atoms with Gasteiger partial charge in [-0.05, 0) is 49.9 Å². The van der Waals surface area contributed by atoms with Gasteiger partial charge in [0.05, 0.1) is 0 Å². The summed E-state index contributed by atoms with van der Waals surface area (Å²) in [6.45, 7) is 0. The molecule has 0 radical (unpaired) electrons. The number of hydrogen-bond acceptors (Lipinski definition) is 3. The molecule has 1 aromatic carbocycles. The second-order valence-corrected chi connectivity index (χ2v) is 5.01. The molecule has 2 rings (SSSR count). The van der Waals surface area contributed by atoms with Crippen LogP contribution in [0.15, 0.2) is 29.4 Å². The van der Waals surface area contributed by atoms with Gasteiger partial charge in [0.2, 0.25) is 0 Å². The van der Waals surface area contributed by atoms with Crippen LogP contribution in [0.5, 0.6) is 0 Å². The van der Waals surface area contributed by atoms with E-state index in [2.05, 4.69) is 10.5 Å². The number of hydrazone groups is 1. The van der Waals surface area contributed by atoms with Crippen molar-refractivity contribution in [2.24, 2.45) is 5.10 Å². The van der Waals surface area contributed by atoms with Crippen molar-refractivity contribution in [3.63, 3.8) is 0 Å². The number of benzene rings is 1. The summed E-state index contributed by atoms with van der Waals surface area (Å²) in [6, 6.07) is 6.86. The first-order valence-electron chi connectivity index (χ1n) is 6.97. The van der Waals surface area contributed by atoms with Gasteiger partial charge in [-0.1, -0.05) is 19.3 Å². The van der Waals surface area contributed by atoms with Crippen LogP contribution >= 0.6 is 0 Å². The first-order valence-corrected chi connectivity index (χ1v) is 6.97. The molecule has 1 fully saturated rings. The Bertz CT molecular complexity index is 441. The average molecular weight is 259 g/mol. The topological polar surface area (TPSA) is 67.5 Å². The molecule has 0 heterocycles. The standard InChI is InChI=1S/C15H21N3O/c16-13-10-8-12(9-11-13)15(19)18-17-14-6-4-2-1-3-5-7-14/h8-11H,1-7,16H2,(H,18,19). The number of carbonyl (C=O) groups excluding carboxylic acids is 1. The number of hydrogen-bond donors (Lipinski definition) is 2. The molecule has 1 amide bonds. The number of nitrogen functional groups attached to an aromatic ring is 1. The zero-order chi connectivity index (χ0) is 13.5. The number of amides is 1. The lowest BCUT2D eigenvalue weighted by atomic mass is 9.99. The molecule has 4 heteroatoms. The van der Waals surface area contributed by atoms with E-state index in [9.17, 15) is 4.79 Å². The number of anilines is 1. The van der Waals surface area contributed by atoms with Crippen LogP contribution in [0.3, 0.4) is 0 Å². The predicted molar refractivity (Wildman–Crippen MR) is 78.1 cm³/mol. The Hall–Kier alpha value is -1.84. The molecular weight excluding hydrogens is 238 g/mol. The van der Waals surface area contributed by atoms with E-state index in [4.69, 9.17) is 5.73 Å². The number of nitrogens with zero attached hydrogens (tertiary/aromatic N) is 1. The number of nitrogens with one attached hydrogen (secondary N) is 1. The summed E-state index contributed by atoms with van der Waals surface area (Å²) in [5, 5.41) is 4.27. The molecule has 0 aliphatic heterocycles. The van der Waals surface area contributed by atoms with Crippen LogP contribution in [0.4, 0.5) is 5.69 Å². The minimum Gasteiger partial charge on any atom is -0.399 e. The van der Waals surface area contributed by atoms with E-state index in [0.29, 0.717) is 11.3 Å². The predicted octanol–water partition coefficient (Wildman–Crippen LogP) is 3.10. The van der Waals surface area contributed by atoms with E-state index in [-0.39, 0.29) is 5.91 Å². The highest BCUT2D eigenvalue weighted by molar-refractivity contribution is 5.95. The van der Waals surface area contributed by atoms with Crippen molar-refractivity contribution in [1.82, 2.24) is 5.43 Å². The van der Waals surface area contributed by atoms with Gasteiger partial charge < -0.3 is 5.73 Å². The molecule has 0 aromatic heterocycles. The van der Waals surface area contributed by atoms with Crippen LogP contribution < -0.4 is 11.2 Å². The summed E-state index contributed by atoms with van der Waals surface area (Å²) in [4.78, 5) is 11.9. The average Bonchev–Trinajstić information content (AvgIpc) is 2.38. The third kappa shape index (κ3) is 4.39. The molecule has 1 aliphatic carbocycles. The third-order valence-electron chi connectivity index (χ3n) is 3.42. The number of rotatable bonds is 2. The van der Waals surface area contributed by atoms with Gasteiger partial charge in [0.25, 0.3) is 5.91 Å². The molecule has 4 nitrogen and oxygen atoms in total. The van der Waals surface area contributed by atoms with Gasteiger partial charge in [-0.15, -0.1) is 0 Å². The molecule has 0 atom stereocenters. The smallest absolute Gasteiger partial charge is 0.271 e. The Morgan fingerprint density at radius 1 is 1.00 bits per heavy atom. The normalized spacial score (nSPS) is 16.3. The van der Waals surface area contributed by atoms with Gasteiger partial charge in [-0.25, -0.2) is 5.43 Å². The van der Waals surface area contributed by atoms with Crippen LogP contribution in [-0.4, -0.2) is 11.6 Å². The Morgan fingerprint density at radius 3 is 2.21 bits per heavy atom. The Balaban J connectivity index is 1.92. The highest BCUT2D eigenvalue weighted by atomic mass is 16.2. The summed E-state index contributed by atoms with van der Waals surface area (Å²) < 4.78 is 0. The summed E-state index contributed by atoms with van der Waals surface area (Å²) in [6.07, 6.45) is 8.22. The highest BCUT2D eigenvalue weighted by Crippen LogP contribution is 2.14. The minimum absolute atomic E-state index is 0.172. The molecule has 0 bridgehead atoms. The Kier molecular flexibility index (Phi) is 4.95. The third-order valence-corrected chi connectivity index (χ3v) is 3.42. The van der Waals surface area contributed by atoms with Gasteiger partial charge in [0.15, 0.2) is 0 Å². The Labute approximate surface area is 114 Å². The quantitative estimate of drug-likeness (QED) is 0.633. The van der Waals surface area contributed by atoms with Crippen LogP contribution in [0.1, 0.15) is 55.3 Å². The van der Waals surface area contributed by atoms with Crippen molar-refractivity contribution in [3.05, 3.63) is 29.8 Å². The van der Waals surface area contributed by atoms with Gasteiger partial charge >= 0.3 is 0 Å². The summed E-state index contributed by atoms with van der Waals surface area (Å²) in [5.41, 5.74) is 10.6. The van der Waals surface area contributed by atoms with Crippen LogP contribution in [-0.2, 0) is 0 Å². The van der Waals surface area contributed by atoms with Crippen LogP contribution in [0.25, 0.3) is 0 Å². The lowest BCUT2D eigenvalue weighted by molar-refractivity contribution is 0.0954. The molecule has 0 spiro atoms. The van der Waals surface area contributed by atoms with Crippen LogP contribution in [0.2, 0.25) is 0 Å². The summed E-state index contributed by atoms with van der Waals surface area (Å²) in [5.74, 6) is -0.172. The fourth-order valence-electron chi connectivity index (χ4n) is 2.25. The van der Waals surface area contributed by atoms with Crippen molar-refractivity contribution in [2.45, 2.75) is 44.9 Å². The zero-order valence-electron chi connectivity index (χ0n) is 11.2. The number of nitrogens with two attached hydrogens (primary N) is 1. The van der Waals surface area contributed by atoms with Crippen LogP contribution in [0, 0.1) is 0 Å². The van der Waals surface area contributed by atoms with E-state index in [1.807, 2.05) is 0 Å². The monoisotopic (exact) mass is 259 g/mol. The molecule has 1 saturated carbocycles. The first kappa shape index (κ1) is 13.6. The van der Waals surface area contributed by atoms with Crippen molar-refractivity contribution in [2.75, 3.05) is 5.73 Å². The molecule has 19 heavy (non-hydrogen) atoms. The second kappa shape index (κ2) is 6.92. The molecule has 0 unspecified atom stereocenters. The highest BCUT2D eigenvalue weighted by Gasteiger charge is 2.07. The maximum atomic E-state index is 11.9. The molecule has 1 aliphatic rings. The van der Waals surface area contributed by atoms with Gasteiger partial charge in [0, 0.05) is 17.0 Å². The maximum absolute atomic E-state index is 11.9. The molecular formula is C15H21N3O. The van der Waals surface area contributed by atoms with Crippen molar-refractivity contribution >= 4 is 17.3 Å². The van der Waals surface area contributed by atoms with E-state index in [0.717, 1.165) is 18.6 Å². The van der Waals surface area contributed by atoms with Gasteiger partial charge in [-0.3, -0.25) is 4.79 Å². The molecule has 102 valence electrons. The van der Waals surface area contributed by atoms with E-state index in [1.165, 1.54) is 32.1 Å². The minimum atomic E-state index is -0.172. The van der Waals surface area contributed by atoms with Crippen molar-refractivity contribution in [3.8, 4) is 0 Å². The molecule has 3 N–H and O–H groups in total. The largest absolute Gasteiger partial charge is 0.399 e. The fourth-order valence-corrected chi connectivity index (χ4v) is 2.25. The van der Waals surface area contributed by atoms with E-state index < -0.39 is 0 Å². The van der Waals surface area contributed by atoms with E-state index >= 15 is 0 Å². The SMILES string of the molecule is Nc1ccc(C(=O)NN=C2CCCCCCC2)cc1. The number of carbonyl (C=O) groups is 1. The van der Waals surface area contributed by atoms with Gasteiger partial charge in [-0.2, -0.15) is 5.10 Å². The van der Waals surface area contributed by atoms with Gasteiger partial charge in [0.1, 0.15) is 0 Å². The van der Waals surface area contributed by atoms with Crippen molar-refractivity contribution in [1.29, 1.82) is 0 Å². The lowest BCUT2D eigenvalue weighted by Crippen LogP contribution is -2.20.